The van der Waals surface area contributed by atoms with Gasteiger partial charge in [0.2, 0.25) is 0 Å². The van der Waals surface area contributed by atoms with Gasteiger partial charge in [-0.1, -0.05) is 0 Å². The predicted molar refractivity (Wildman–Crippen MR) is 51.4 cm³/mol. The smallest absolute Gasteiger partial charge is 0.739 e. The minimum atomic E-state index is -4.26. The molecule has 0 aliphatic carbocycles. The van der Waals surface area contributed by atoms with Gasteiger partial charge in [0.1, 0.15) is 15.8 Å². The minimum Gasteiger partial charge on any atom is -0.739 e. The van der Waals surface area contributed by atoms with E-state index in [1.165, 1.54) is 0 Å². The molecule has 0 rings (SSSR count). The second-order valence-electron chi connectivity index (χ2n) is 2.29. The Labute approximate surface area is 119 Å². The van der Waals surface area contributed by atoms with E-state index in [2.05, 4.69) is 4.74 Å². The van der Waals surface area contributed by atoms with E-state index in [0.29, 0.717) is 0 Å². The number of hydrogen-bond acceptors (Lipinski definition) is 7. The molecule has 0 atom stereocenters. The molecule has 10 heteroatoms. The molecule has 0 bridgehead atoms. The summed E-state index contributed by atoms with van der Waals surface area (Å²) in [4.78, 5) is 9.97. The molecule has 0 fully saturated rings. The Morgan fingerprint density at radius 3 is 2.31 bits per heavy atom. The Balaban J connectivity index is 0. The van der Waals surface area contributed by atoms with E-state index in [1.54, 1.807) is 0 Å². The van der Waals surface area contributed by atoms with E-state index < -0.39 is 21.7 Å². The van der Waals surface area contributed by atoms with Gasteiger partial charge in [-0.3, -0.25) is 0 Å². The zero-order valence-corrected chi connectivity index (χ0v) is 12.4. The fourth-order valence-electron chi connectivity index (χ4n) is 0.574. The molecule has 0 amide bonds. The van der Waals surface area contributed by atoms with Crippen molar-refractivity contribution in [3.8, 4) is 0 Å². The van der Waals surface area contributed by atoms with Crippen LogP contribution in [0.2, 0.25) is 0 Å². The molecule has 7 nitrogen and oxygen atoms in total. The molecule has 0 heterocycles. The molecule has 0 aromatic carbocycles. The largest absolute Gasteiger partial charge is 1.00 e. The molecule has 90 valence electrons. The van der Waals surface area contributed by atoms with Crippen LogP contribution in [0.4, 0.5) is 0 Å². The first-order valence-electron chi connectivity index (χ1n) is 3.89. The molecule has 0 saturated heterocycles. The van der Waals surface area contributed by atoms with Crippen molar-refractivity contribution >= 4 is 25.9 Å². The molecular formula is C6H11NaO7S2. The second-order valence-corrected chi connectivity index (χ2v) is 5.68. The van der Waals surface area contributed by atoms with Crippen molar-refractivity contribution in [2.24, 2.45) is 0 Å². The second kappa shape index (κ2) is 10.8. The summed E-state index contributed by atoms with van der Waals surface area (Å²) >= 11 is 0. The van der Waals surface area contributed by atoms with Crippen LogP contribution in [0.3, 0.4) is 0 Å². The predicted octanol–water partition coefficient (Wildman–Crippen LogP) is -3.70. The van der Waals surface area contributed by atoms with Crippen LogP contribution in [0.1, 0.15) is 0 Å². The van der Waals surface area contributed by atoms with E-state index >= 15 is 0 Å². The van der Waals surface area contributed by atoms with Gasteiger partial charge in [0.05, 0.1) is 19.8 Å². The van der Waals surface area contributed by atoms with Crippen LogP contribution in [-0.2, 0) is 23.4 Å². The molecule has 0 spiro atoms. The quantitative estimate of drug-likeness (QED) is 0.199. The third kappa shape index (κ3) is 17.1. The van der Waals surface area contributed by atoms with Gasteiger partial charge in [-0.25, -0.2) is 13.2 Å². The molecule has 0 radical (unpaired) electrons. The first kappa shape index (κ1) is 19.0. The molecule has 0 aliphatic heterocycles. The normalized spacial score (nSPS) is 10.8. The fraction of sp³-hybridized carbons (Fsp3) is 0.833. The van der Waals surface area contributed by atoms with Crippen molar-refractivity contribution in [3.05, 3.63) is 0 Å². The average molecular weight is 282 g/mol. The SMILES string of the molecule is O=C(O)COCCOCCSS(=O)(=O)[O-].[Na+]. The maximum Gasteiger partial charge on any atom is 1.00 e. The van der Waals surface area contributed by atoms with Crippen LogP contribution < -0.4 is 29.6 Å². The average Bonchev–Trinajstić information content (AvgIpc) is 2.07. The van der Waals surface area contributed by atoms with Gasteiger partial charge in [0, 0.05) is 5.75 Å². The Morgan fingerprint density at radius 2 is 1.81 bits per heavy atom. The molecule has 0 saturated carbocycles. The van der Waals surface area contributed by atoms with Gasteiger partial charge in [0.15, 0.2) is 0 Å². The van der Waals surface area contributed by atoms with Crippen LogP contribution >= 0.6 is 10.8 Å². The third-order valence-electron chi connectivity index (χ3n) is 1.05. The van der Waals surface area contributed by atoms with Crippen molar-refractivity contribution in [1.82, 2.24) is 0 Å². The Kier molecular flexibility index (Phi) is 12.8. The summed E-state index contributed by atoms with van der Waals surface area (Å²) in [6, 6.07) is 0. The topological polar surface area (TPSA) is 113 Å². The fourth-order valence-corrected chi connectivity index (χ4v) is 1.78. The standard InChI is InChI=1S/C6H12O7S2.Na/c7-6(8)5-13-2-1-12-3-4-14-15(9,10)11;/h1-5H2,(H,7,8)(H,9,10,11);/q;+1/p-1. The zero-order chi connectivity index (χ0) is 11.7. The van der Waals surface area contributed by atoms with Crippen LogP contribution in [0.25, 0.3) is 0 Å². The third-order valence-corrected chi connectivity index (χ3v) is 3.04. The summed E-state index contributed by atoms with van der Waals surface area (Å²) in [7, 11) is -4.00. The summed E-state index contributed by atoms with van der Waals surface area (Å²) in [5, 5.41) is 8.17. The van der Waals surface area contributed by atoms with Crippen molar-refractivity contribution in [2.45, 2.75) is 0 Å². The minimum absolute atomic E-state index is 0. The summed E-state index contributed by atoms with van der Waals surface area (Å²) < 4.78 is 39.8. The van der Waals surface area contributed by atoms with E-state index in [4.69, 9.17) is 9.84 Å². The number of hydrogen-bond donors (Lipinski definition) is 1. The number of carboxylic acids is 1. The first-order valence-corrected chi connectivity index (χ1v) is 6.80. The summed E-state index contributed by atoms with van der Waals surface area (Å²) in [6.07, 6.45) is 0. The van der Waals surface area contributed by atoms with E-state index in [9.17, 15) is 17.8 Å². The van der Waals surface area contributed by atoms with E-state index in [0.717, 1.165) is 0 Å². The molecular weight excluding hydrogens is 271 g/mol. The van der Waals surface area contributed by atoms with Crippen molar-refractivity contribution in [1.29, 1.82) is 0 Å². The van der Waals surface area contributed by atoms with Gasteiger partial charge >= 0.3 is 35.5 Å². The van der Waals surface area contributed by atoms with Crippen LogP contribution in [0.5, 0.6) is 0 Å². The maximum absolute atomic E-state index is 10.1. The molecule has 0 aromatic heterocycles. The van der Waals surface area contributed by atoms with Crippen molar-refractivity contribution in [3.63, 3.8) is 0 Å². The monoisotopic (exact) mass is 282 g/mol. The molecule has 0 unspecified atom stereocenters. The number of ether oxygens (including phenoxy) is 2. The van der Waals surface area contributed by atoms with Gasteiger partial charge < -0.3 is 19.1 Å². The van der Waals surface area contributed by atoms with E-state index in [1.807, 2.05) is 0 Å². The first-order chi connectivity index (χ1) is 6.92. The number of carboxylic acid groups (broad SMARTS) is 1. The zero-order valence-electron chi connectivity index (χ0n) is 8.75. The van der Waals surface area contributed by atoms with Gasteiger partial charge in [-0.2, -0.15) is 0 Å². The Bertz CT molecular complexity index is 279. The van der Waals surface area contributed by atoms with Crippen LogP contribution in [0, 0.1) is 0 Å². The van der Waals surface area contributed by atoms with Crippen molar-refractivity contribution < 1.29 is 61.9 Å². The summed E-state index contributed by atoms with van der Waals surface area (Å²) in [5.74, 6) is -1.02. The van der Waals surface area contributed by atoms with Gasteiger partial charge in [-0.15, -0.1) is 0 Å². The molecule has 0 aliphatic rings. The van der Waals surface area contributed by atoms with Gasteiger partial charge in [0.25, 0.3) is 0 Å². The van der Waals surface area contributed by atoms with Gasteiger partial charge in [-0.05, 0) is 10.8 Å². The van der Waals surface area contributed by atoms with Crippen LogP contribution in [0.15, 0.2) is 0 Å². The molecule has 0 aromatic rings. The van der Waals surface area contributed by atoms with E-state index in [-0.39, 0.29) is 65.9 Å². The summed E-state index contributed by atoms with van der Waals surface area (Å²) in [6.45, 7) is -0.0244. The number of carbonyl (C=O) groups is 1. The number of rotatable bonds is 9. The molecule has 1 N–H and O–H groups in total. The summed E-state index contributed by atoms with van der Waals surface area (Å²) in [5.41, 5.74) is 0. The molecule has 16 heavy (non-hydrogen) atoms. The Morgan fingerprint density at radius 1 is 1.25 bits per heavy atom. The Hall–Kier alpha value is 0.650. The maximum atomic E-state index is 10.1. The number of aliphatic carboxylic acids is 1. The van der Waals surface area contributed by atoms with Crippen molar-refractivity contribution in [2.75, 3.05) is 32.2 Å². The van der Waals surface area contributed by atoms with Crippen LogP contribution in [-0.4, -0.2) is 56.2 Å².